The highest BCUT2D eigenvalue weighted by Gasteiger charge is 2.71. The van der Waals surface area contributed by atoms with Crippen LogP contribution in [-0.2, 0) is 19.2 Å². The number of ether oxygens (including phenoxy) is 1. The van der Waals surface area contributed by atoms with Crippen molar-refractivity contribution < 1.29 is 19.2 Å². The van der Waals surface area contributed by atoms with Gasteiger partial charge in [-0.1, -0.05) is 28.9 Å². The summed E-state index contributed by atoms with van der Waals surface area (Å²) in [4.78, 5) is 32.1. The van der Waals surface area contributed by atoms with Gasteiger partial charge in [-0.2, -0.15) is 0 Å². The molecular formula is C17H15ClN2O4. The maximum absolute atomic E-state index is 12.6. The Hall–Kier alpha value is -1.92. The van der Waals surface area contributed by atoms with Crippen LogP contribution >= 0.6 is 11.6 Å². The van der Waals surface area contributed by atoms with Gasteiger partial charge < -0.3 is 9.57 Å². The number of halogens is 1. The lowest BCUT2D eigenvalue weighted by molar-refractivity contribution is -0.142. The van der Waals surface area contributed by atoms with Gasteiger partial charge in [-0.05, 0) is 24.6 Å². The Bertz CT molecular complexity index is 777. The number of hydrogen-bond acceptors (Lipinski definition) is 5. The summed E-state index contributed by atoms with van der Waals surface area (Å²) in [6, 6.07) is 7.37. The maximum Gasteiger partial charge on any atom is 0.235 e. The van der Waals surface area contributed by atoms with Crippen LogP contribution in [0.5, 0.6) is 0 Å². The molecule has 3 fully saturated rings. The normalized spacial score (nSPS) is 39.1. The number of fused-ring (bicyclic) bond motifs is 8. The second-order valence-electron chi connectivity index (χ2n) is 6.62. The van der Waals surface area contributed by atoms with Crippen LogP contribution in [0.3, 0.4) is 0 Å². The van der Waals surface area contributed by atoms with Gasteiger partial charge >= 0.3 is 0 Å². The SMILES string of the molecule is CCN1C(=O)C2C3OC(C4C(c5ccc(Cl)cc5)=NOC34)C2C1=O. The van der Waals surface area contributed by atoms with Crippen molar-refractivity contribution in [1.82, 2.24) is 4.90 Å². The van der Waals surface area contributed by atoms with Gasteiger partial charge in [0.2, 0.25) is 11.8 Å². The van der Waals surface area contributed by atoms with E-state index in [9.17, 15) is 9.59 Å². The van der Waals surface area contributed by atoms with Crippen molar-refractivity contribution >= 4 is 29.1 Å². The van der Waals surface area contributed by atoms with E-state index in [1.165, 1.54) is 4.90 Å². The van der Waals surface area contributed by atoms with E-state index in [0.717, 1.165) is 11.3 Å². The quantitative estimate of drug-likeness (QED) is 0.760. The van der Waals surface area contributed by atoms with Crippen LogP contribution < -0.4 is 0 Å². The van der Waals surface area contributed by atoms with Crippen molar-refractivity contribution in [2.75, 3.05) is 6.54 Å². The van der Waals surface area contributed by atoms with Gasteiger partial charge in [0.05, 0.1) is 29.6 Å². The lowest BCUT2D eigenvalue weighted by atomic mass is 9.71. The van der Waals surface area contributed by atoms with Crippen LogP contribution in [-0.4, -0.2) is 47.3 Å². The Balaban J connectivity index is 1.51. The molecule has 6 nitrogen and oxygen atoms in total. The number of oxime groups is 1. The van der Waals surface area contributed by atoms with Gasteiger partial charge in [0, 0.05) is 11.6 Å². The largest absolute Gasteiger partial charge is 0.389 e. The molecule has 1 aromatic rings. The molecule has 6 atom stereocenters. The third kappa shape index (κ3) is 1.62. The van der Waals surface area contributed by atoms with Crippen LogP contribution in [0.2, 0.25) is 5.02 Å². The summed E-state index contributed by atoms with van der Waals surface area (Å²) in [6.07, 6.45) is -1.04. The van der Waals surface area contributed by atoms with Gasteiger partial charge in [0.25, 0.3) is 0 Å². The van der Waals surface area contributed by atoms with Crippen molar-refractivity contribution in [3.63, 3.8) is 0 Å². The lowest BCUT2D eigenvalue weighted by Gasteiger charge is -2.26. The first-order chi connectivity index (χ1) is 11.6. The minimum absolute atomic E-state index is 0.119. The summed E-state index contributed by atoms with van der Waals surface area (Å²) in [7, 11) is 0. The fourth-order valence-electron chi connectivity index (χ4n) is 4.59. The molecule has 4 heterocycles. The molecule has 4 aliphatic heterocycles. The Morgan fingerprint density at radius 1 is 1.04 bits per heavy atom. The van der Waals surface area contributed by atoms with Crippen molar-refractivity contribution in [1.29, 1.82) is 0 Å². The Kier molecular flexibility index (Phi) is 2.89. The van der Waals surface area contributed by atoms with Crippen molar-refractivity contribution in [3.05, 3.63) is 34.9 Å². The number of benzene rings is 1. The van der Waals surface area contributed by atoms with Crippen molar-refractivity contribution in [2.45, 2.75) is 25.2 Å². The first-order valence-electron chi connectivity index (χ1n) is 8.12. The van der Waals surface area contributed by atoms with Gasteiger partial charge in [-0.3, -0.25) is 14.5 Å². The number of imide groups is 1. The number of likely N-dealkylation sites (tertiary alicyclic amines) is 1. The topological polar surface area (TPSA) is 68.2 Å². The highest BCUT2D eigenvalue weighted by Crippen LogP contribution is 2.54. The maximum atomic E-state index is 12.6. The molecule has 3 saturated heterocycles. The van der Waals surface area contributed by atoms with E-state index < -0.39 is 17.9 Å². The van der Waals surface area contributed by atoms with Crippen LogP contribution in [0.25, 0.3) is 0 Å². The molecule has 2 amide bonds. The molecule has 124 valence electrons. The van der Waals surface area contributed by atoms with E-state index in [0.29, 0.717) is 11.6 Å². The van der Waals surface area contributed by atoms with Gasteiger partial charge in [-0.25, -0.2) is 0 Å². The van der Waals surface area contributed by atoms with Crippen molar-refractivity contribution in [2.24, 2.45) is 22.9 Å². The zero-order chi connectivity index (χ0) is 16.6. The average molecular weight is 347 g/mol. The summed E-state index contributed by atoms with van der Waals surface area (Å²) in [5.74, 6) is -1.22. The van der Waals surface area contributed by atoms with Crippen LogP contribution in [0.4, 0.5) is 0 Å². The molecule has 4 aliphatic rings. The second kappa shape index (κ2) is 4.80. The fraction of sp³-hybridized carbons (Fsp3) is 0.471. The molecule has 7 heteroatoms. The van der Waals surface area contributed by atoms with E-state index in [2.05, 4.69) is 5.16 Å². The number of carbonyl (C=O) groups is 2. The zero-order valence-corrected chi connectivity index (χ0v) is 13.6. The van der Waals surface area contributed by atoms with E-state index in [1.807, 2.05) is 19.1 Å². The zero-order valence-electron chi connectivity index (χ0n) is 12.9. The highest BCUT2D eigenvalue weighted by molar-refractivity contribution is 6.30. The van der Waals surface area contributed by atoms with E-state index in [4.69, 9.17) is 21.2 Å². The minimum Gasteiger partial charge on any atom is -0.389 e. The summed E-state index contributed by atoms with van der Waals surface area (Å²) in [5, 5.41) is 4.88. The fourth-order valence-corrected chi connectivity index (χ4v) is 4.72. The Labute approximate surface area is 143 Å². The van der Waals surface area contributed by atoms with Gasteiger partial charge in [0.1, 0.15) is 6.10 Å². The smallest absolute Gasteiger partial charge is 0.235 e. The standard InChI is InChI=1S/C17H15ClN2O4/c1-2-20-16(21)9-10(17(20)22)14-15-11(13(9)23-14)12(19-24-15)7-3-5-8(18)6-4-7/h3-6,9-11,13-15H,2H2,1H3. The summed E-state index contributed by atoms with van der Waals surface area (Å²) >= 11 is 5.95. The average Bonchev–Trinajstić information content (AvgIpc) is 3.29. The number of nitrogens with zero attached hydrogens (tertiary/aromatic N) is 2. The summed E-state index contributed by atoms with van der Waals surface area (Å²) in [6.45, 7) is 2.22. The van der Waals surface area contributed by atoms with Crippen molar-refractivity contribution in [3.8, 4) is 0 Å². The lowest BCUT2D eigenvalue weighted by Crippen LogP contribution is -2.45. The number of amides is 2. The minimum atomic E-state index is -0.427. The van der Waals surface area contributed by atoms with Crippen LogP contribution in [0, 0.1) is 17.8 Å². The van der Waals surface area contributed by atoms with E-state index in [1.54, 1.807) is 12.1 Å². The van der Waals surface area contributed by atoms with E-state index in [-0.39, 0.29) is 29.9 Å². The molecule has 0 radical (unpaired) electrons. The van der Waals surface area contributed by atoms with Gasteiger partial charge in [-0.15, -0.1) is 0 Å². The molecule has 6 unspecified atom stereocenters. The van der Waals surface area contributed by atoms with Crippen LogP contribution in [0.1, 0.15) is 12.5 Å². The summed E-state index contributed by atoms with van der Waals surface area (Å²) < 4.78 is 6.02. The molecule has 5 rings (SSSR count). The molecule has 0 N–H and O–H groups in total. The molecule has 0 spiro atoms. The second-order valence-corrected chi connectivity index (χ2v) is 7.05. The Morgan fingerprint density at radius 3 is 2.38 bits per heavy atom. The first kappa shape index (κ1) is 14.4. The third-order valence-electron chi connectivity index (χ3n) is 5.59. The third-order valence-corrected chi connectivity index (χ3v) is 5.84. The molecule has 24 heavy (non-hydrogen) atoms. The predicted octanol–water partition coefficient (Wildman–Crippen LogP) is 1.46. The monoisotopic (exact) mass is 346 g/mol. The predicted molar refractivity (Wildman–Crippen MR) is 84.4 cm³/mol. The molecule has 0 aliphatic carbocycles. The first-order valence-corrected chi connectivity index (χ1v) is 8.50. The number of hydrogen-bond donors (Lipinski definition) is 0. The molecule has 0 saturated carbocycles. The van der Waals surface area contributed by atoms with Crippen LogP contribution in [0.15, 0.2) is 29.4 Å². The molecular weight excluding hydrogens is 332 g/mol. The molecule has 0 aromatic heterocycles. The van der Waals surface area contributed by atoms with Gasteiger partial charge in [0.15, 0.2) is 6.10 Å². The molecule has 1 aromatic carbocycles. The highest BCUT2D eigenvalue weighted by atomic mass is 35.5. The Morgan fingerprint density at radius 2 is 1.71 bits per heavy atom. The number of rotatable bonds is 2. The van der Waals surface area contributed by atoms with E-state index >= 15 is 0 Å². The summed E-state index contributed by atoms with van der Waals surface area (Å²) in [5.41, 5.74) is 1.68. The molecule has 2 bridgehead atoms. The number of carbonyl (C=O) groups excluding carboxylic acids is 2.